The second-order valence-corrected chi connectivity index (χ2v) is 10.9. The van der Waals surface area contributed by atoms with Crippen molar-refractivity contribution < 1.29 is 19.1 Å². The summed E-state index contributed by atoms with van der Waals surface area (Å²) in [4.78, 5) is 32.5. The molecule has 3 heterocycles. The molecule has 2 aliphatic rings. The molecule has 6 nitrogen and oxygen atoms in total. The van der Waals surface area contributed by atoms with Crippen molar-refractivity contribution in [1.29, 1.82) is 0 Å². The van der Waals surface area contributed by atoms with Gasteiger partial charge in [-0.25, -0.2) is 0 Å². The van der Waals surface area contributed by atoms with Crippen LogP contribution in [0, 0.1) is 12.8 Å². The van der Waals surface area contributed by atoms with Crippen LogP contribution in [0.2, 0.25) is 0 Å². The Balaban J connectivity index is 1.42. The number of carbonyl (C=O) groups is 2. The maximum atomic E-state index is 13.9. The number of fused-ring (bicyclic) bond motifs is 2. The van der Waals surface area contributed by atoms with Crippen molar-refractivity contribution in [3.63, 3.8) is 0 Å². The van der Waals surface area contributed by atoms with Gasteiger partial charge in [-0.3, -0.25) is 9.59 Å². The molecule has 0 aliphatic carbocycles. The predicted molar refractivity (Wildman–Crippen MR) is 141 cm³/mol. The number of rotatable bonds is 7. The Morgan fingerprint density at radius 3 is 2.69 bits per heavy atom. The van der Waals surface area contributed by atoms with E-state index < -0.39 is 0 Å². The van der Waals surface area contributed by atoms with Gasteiger partial charge in [0.05, 0.1) is 6.04 Å². The zero-order chi connectivity index (χ0) is 25.2. The summed E-state index contributed by atoms with van der Waals surface area (Å²) in [6, 6.07) is 15.5. The predicted octanol–water partition coefficient (Wildman–Crippen LogP) is 5.45. The van der Waals surface area contributed by atoms with E-state index in [0.717, 1.165) is 24.0 Å². The van der Waals surface area contributed by atoms with Gasteiger partial charge in [-0.2, -0.15) is 0 Å². The van der Waals surface area contributed by atoms with E-state index in [0.29, 0.717) is 36.1 Å². The SMILES string of the molecule is Cc1ccccc1C1c2ccsc2CCN1C(=O)CN(CCC(C)C)C(=O)c1ccc2c(c1)OCO2. The molecule has 0 N–H and O–H groups in total. The molecule has 2 aromatic carbocycles. The Labute approximate surface area is 216 Å². The van der Waals surface area contributed by atoms with Crippen molar-refractivity contribution in [1.82, 2.24) is 9.80 Å². The summed E-state index contributed by atoms with van der Waals surface area (Å²) in [5, 5.41) is 2.11. The first-order valence-corrected chi connectivity index (χ1v) is 13.4. The Kier molecular flexibility index (Phi) is 7.01. The Morgan fingerprint density at radius 1 is 1.08 bits per heavy atom. The minimum Gasteiger partial charge on any atom is -0.454 e. The molecular formula is C29H32N2O4S. The van der Waals surface area contributed by atoms with Crippen LogP contribution in [0.1, 0.15) is 58.2 Å². The smallest absolute Gasteiger partial charge is 0.254 e. The van der Waals surface area contributed by atoms with Gasteiger partial charge in [0, 0.05) is 23.5 Å². The van der Waals surface area contributed by atoms with E-state index in [1.807, 2.05) is 17.0 Å². The zero-order valence-electron chi connectivity index (χ0n) is 21.0. The molecule has 1 unspecified atom stereocenters. The lowest BCUT2D eigenvalue weighted by Gasteiger charge is -2.38. The van der Waals surface area contributed by atoms with Crippen LogP contribution in [0.4, 0.5) is 0 Å². The third-order valence-corrected chi connectivity index (χ3v) is 7.98. The number of hydrogen-bond acceptors (Lipinski definition) is 5. The van der Waals surface area contributed by atoms with Crippen LogP contribution in [0.3, 0.4) is 0 Å². The normalized spacial score (nSPS) is 16.2. The van der Waals surface area contributed by atoms with E-state index in [-0.39, 0.29) is 31.2 Å². The van der Waals surface area contributed by atoms with Crippen molar-refractivity contribution in [3.05, 3.63) is 81.0 Å². The number of nitrogens with zero attached hydrogens (tertiary/aromatic N) is 2. The van der Waals surface area contributed by atoms with Crippen LogP contribution < -0.4 is 9.47 Å². The number of ether oxygens (including phenoxy) is 2. The highest BCUT2D eigenvalue weighted by molar-refractivity contribution is 7.10. The van der Waals surface area contributed by atoms with Gasteiger partial charge in [0.25, 0.3) is 5.91 Å². The minimum atomic E-state index is -0.164. The summed E-state index contributed by atoms with van der Waals surface area (Å²) in [5.74, 6) is 1.42. The first-order chi connectivity index (χ1) is 17.4. The van der Waals surface area contributed by atoms with Gasteiger partial charge in [0.15, 0.2) is 11.5 Å². The summed E-state index contributed by atoms with van der Waals surface area (Å²) >= 11 is 1.76. The minimum absolute atomic E-state index is 0.0297. The van der Waals surface area contributed by atoms with E-state index >= 15 is 0 Å². The number of aryl methyl sites for hydroxylation is 1. The van der Waals surface area contributed by atoms with Crippen molar-refractivity contribution in [3.8, 4) is 11.5 Å². The molecule has 0 fully saturated rings. The molecule has 3 aromatic rings. The van der Waals surface area contributed by atoms with Gasteiger partial charge in [-0.05, 0) is 72.0 Å². The fourth-order valence-corrected chi connectivity index (χ4v) is 5.85. The molecule has 1 aromatic heterocycles. The van der Waals surface area contributed by atoms with E-state index in [1.165, 1.54) is 10.4 Å². The number of hydrogen-bond donors (Lipinski definition) is 0. The molecule has 5 rings (SSSR count). The molecule has 0 radical (unpaired) electrons. The summed E-state index contributed by atoms with van der Waals surface area (Å²) in [6.07, 6.45) is 1.66. The lowest BCUT2D eigenvalue weighted by Crippen LogP contribution is -2.47. The molecule has 0 saturated carbocycles. The number of thiophene rings is 1. The summed E-state index contributed by atoms with van der Waals surface area (Å²) in [6.45, 7) is 7.70. The van der Waals surface area contributed by atoms with Crippen molar-refractivity contribution in [2.24, 2.45) is 5.92 Å². The second kappa shape index (κ2) is 10.3. The standard InChI is InChI=1S/C29H32N2O4S/c1-19(2)10-13-30(29(33)21-8-9-24-25(16-21)35-18-34-24)17-27(32)31-14-11-26-23(12-15-36-26)28(31)22-7-5-4-6-20(22)3/h4-9,12,15-16,19,28H,10-11,13-14,17-18H2,1-3H3. The third-order valence-electron chi connectivity index (χ3n) is 6.98. The average Bonchev–Trinajstić information content (AvgIpc) is 3.54. The summed E-state index contributed by atoms with van der Waals surface area (Å²) in [5.41, 5.74) is 4.00. The molecule has 7 heteroatoms. The first-order valence-electron chi connectivity index (χ1n) is 12.5. The van der Waals surface area contributed by atoms with E-state index in [9.17, 15) is 9.59 Å². The molecule has 0 saturated heterocycles. The van der Waals surface area contributed by atoms with E-state index in [2.05, 4.69) is 44.4 Å². The molecule has 0 spiro atoms. The molecule has 2 aliphatic heterocycles. The molecule has 0 bridgehead atoms. The zero-order valence-corrected chi connectivity index (χ0v) is 21.8. The number of amides is 2. The maximum absolute atomic E-state index is 13.9. The third kappa shape index (κ3) is 4.85. The molecular weight excluding hydrogens is 472 g/mol. The second-order valence-electron chi connectivity index (χ2n) is 9.87. The highest BCUT2D eigenvalue weighted by atomic mass is 32.1. The molecule has 1 atom stereocenters. The maximum Gasteiger partial charge on any atom is 0.254 e. The van der Waals surface area contributed by atoms with Gasteiger partial charge >= 0.3 is 0 Å². The summed E-state index contributed by atoms with van der Waals surface area (Å²) in [7, 11) is 0. The van der Waals surface area contributed by atoms with Gasteiger partial charge in [0.2, 0.25) is 12.7 Å². The fourth-order valence-electron chi connectivity index (χ4n) is 4.95. The molecule has 188 valence electrons. The van der Waals surface area contributed by atoms with E-state index in [1.54, 1.807) is 34.4 Å². The first kappa shape index (κ1) is 24.4. The lowest BCUT2D eigenvalue weighted by molar-refractivity contribution is -0.134. The number of benzene rings is 2. The Morgan fingerprint density at radius 2 is 1.89 bits per heavy atom. The highest BCUT2D eigenvalue weighted by Gasteiger charge is 2.35. The van der Waals surface area contributed by atoms with Gasteiger partial charge in [-0.1, -0.05) is 38.1 Å². The number of carbonyl (C=O) groups excluding carboxylic acids is 2. The topological polar surface area (TPSA) is 59.1 Å². The Bertz CT molecular complexity index is 1270. The molecule has 2 amide bonds. The highest BCUT2D eigenvalue weighted by Crippen LogP contribution is 2.39. The van der Waals surface area contributed by atoms with Gasteiger partial charge in [-0.15, -0.1) is 11.3 Å². The van der Waals surface area contributed by atoms with Crippen molar-refractivity contribution in [2.75, 3.05) is 26.4 Å². The monoisotopic (exact) mass is 504 g/mol. The average molecular weight is 505 g/mol. The van der Waals surface area contributed by atoms with Crippen molar-refractivity contribution >= 4 is 23.2 Å². The van der Waals surface area contributed by atoms with Crippen LogP contribution in [-0.4, -0.2) is 48.0 Å². The molecule has 36 heavy (non-hydrogen) atoms. The van der Waals surface area contributed by atoms with Crippen LogP contribution in [0.5, 0.6) is 11.5 Å². The van der Waals surface area contributed by atoms with Crippen molar-refractivity contribution in [2.45, 2.75) is 39.7 Å². The van der Waals surface area contributed by atoms with Crippen LogP contribution in [-0.2, 0) is 11.2 Å². The van der Waals surface area contributed by atoms with Gasteiger partial charge in [0.1, 0.15) is 6.54 Å². The largest absolute Gasteiger partial charge is 0.454 e. The van der Waals surface area contributed by atoms with Gasteiger partial charge < -0.3 is 19.3 Å². The van der Waals surface area contributed by atoms with E-state index in [4.69, 9.17) is 9.47 Å². The van der Waals surface area contributed by atoms with Crippen LogP contribution in [0.15, 0.2) is 53.9 Å². The summed E-state index contributed by atoms with van der Waals surface area (Å²) < 4.78 is 10.9. The fraction of sp³-hybridized carbons (Fsp3) is 0.379. The quantitative estimate of drug-likeness (QED) is 0.430. The van der Waals surface area contributed by atoms with Crippen LogP contribution >= 0.6 is 11.3 Å². The van der Waals surface area contributed by atoms with Crippen LogP contribution in [0.25, 0.3) is 0 Å². The Hall–Kier alpha value is -3.32. The lowest BCUT2D eigenvalue weighted by atomic mass is 9.90.